The van der Waals surface area contributed by atoms with E-state index in [9.17, 15) is 22.7 Å². The van der Waals surface area contributed by atoms with E-state index in [1.807, 2.05) is 0 Å². The van der Waals surface area contributed by atoms with Gasteiger partial charge in [0.15, 0.2) is 0 Å². The van der Waals surface area contributed by atoms with E-state index in [0.717, 1.165) is 113 Å². The molecule has 0 unspecified atom stereocenters. The van der Waals surface area contributed by atoms with Crippen molar-refractivity contribution in [3.05, 3.63) is 0 Å². The van der Waals surface area contributed by atoms with E-state index in [-0.39, 0.29) is 30.0 Å². The van der Waals surface area contributed by atoms with Gasteiger partial charge in [0.25, 0.3) is 0 Å². The van der Waals surface area contributed by atoms with E-state index in [2.05, 4.69) is 0 Å². The van der Waals surface area contributed by atoms with E-state index in [0.29, 0.717) is 41.0 Å². The topological polar surface area (TPSA) is 101 Å². The van der Waals surface area contributed by atoms with Crippen molar-refractivity contribution < 1.29 is 54.6 Å². The van der Waals surface area contributed by atoms with Crippen LogP contribution in [-0.2, 0) is 44.4 Å². The summed E-state index contributed by atoms with van der Waals surface area (Å²) < 4.78 is 31.7. The molecule has 4 fully saturated rings. The molecule has 0 aromatic carbocycles. The second kappa shape index (κ2) is 15.9. The summed E-state index contributed by atoms with van der Waals surface area (Å²) in [6.45, 7) is 1.08. The Morgan fingerprint density at radius 1 is 0.553 bits per heavy atom. The van der Waals surface area contributed by atoms with E-state index >= 15 is 0 Å². The second-order valence-electron chi connectivity index (χ2n) is 12.7. The number of esters is 1. The van der Waals surface area contributed by atoms with Crippen molar-refractivity contribution >= 4 is 5.97 Å². The van der Waals surface area contributed by atoms with Crippen LogP contribution in [-0.4, -0.2) is 36.0 Å². The zero-order chi connectivity index (χ0) is 26.9. The van der Waals surface area contributed by atoms with Crippen LogP contribution in [0.3, 0.4) is 0 Å². The number of aliphatic hydroxyl groups excluding tert-OH is 2. The van der Waals surface area contributed by atoms with Crippen LogP contribution >= 0.6 is 0 Å². The number of aliphatic hydroxyl groups is 2. The summed E-state index contributed by atoms with van der Waals surface area (Å²) in [6.07, 6.45) is 16.1. The Balaban J connectivity index is 1.07. The van der Waals surface area contributed by atoms with Crippen molar-refractivity contribution in [2.45, 2.75) is 123 Å². The van der Waals surface area contributed by atoms with Crippen molar-refractivity contribution in [3.63, 3.8) is 0 Å². The summed E-state index contributed by atoms with van der Waals surface area (Å²) in [6, 6.07) is 0. The molecular weight excluding hydrogens is 574 g/mol. The van der Waals surface area contributed by atoms with Gasteiger partial charge in [-0.15, -0.1) is 0 Å². The first-order valence-corrected chi connectivity index (χ1v) is 18.8. The Hall–Kier alpha value is 0.00299. The first-order chi connectivity index (χ1) is 18.4. The van der Waals surface area contributed by atoms with Gasteiger partial charge in [0.1, 0.15) is 0 Å². The summed E-state index contributed by atoms with van der Waals surface area (Å²) in [5.74, 6) is 2.30. The molecule has 38 heavy (non-hydrogen) atoms. The standard InChI is InChI=1S/C15H24O2.C8H15O.C7H13O.2Co.2O/c1-12-7-9-13(10-8-12)11-17-15(16)14-5-3-2-4-6-14;1-7-2-4-8(6-9)5-3-7;8-6-7-4-2-1-3-5-7;;;;/h2,12-14H,1,3-11H2;7-9H,1-6H2;1,7-8H,2-6H2;;;;. The van der Waals surface area contributed by atoms with Gasteiger partial charge in [0, 0.05) is 0 Å². The normalized spacial score (nSPS) is 37.3. The Morgan fingerprint density at radius 3 is 1.37 bits per heavy atom. The first-order valence-electron chi connectivity index (χ1n) is 15.3. The molecule has 8 heteroatoms. The molecule has 6 nitrogen and oxygen atoms in total. The maximum absolute atomic E-state index is 13.0. The van der Waals surface area contributed by atoms with Crippen LogP contribution < -0.4 is 0 Å². The summed E-state index contributed by atoms with van der Waals surface area (Å²) in [4.78, 5) is 13.4. The quantitative estimate of drug-likeness (QED) is 0.244. The van der Waals surface area contributed by atoms with Gasteiger partial charge in [-0.1, -0.05) is 0 Å². The number of carbonyl (C=O) groups excluding carboxylic acids is 1. The van der Waals surface area contributed by atoms with Crippen LogP contribution in [0.4, 0.5) is 0 Å². The number of hydrogen-bond acceptors (Lipinski definition) is 6. The molecule has 2 N–H and O–H groups in total. The maximum atomic E-state index is 13.0. The van der Waals surface area contributed by atoms with Crippen LogP contribution in [0.15, 0.2) is 0 Å². The van der Waals surface area contributed by atoms with Crippen molar-refractivity contribution in [2.24, 2.45) is 35.5 Å². The molecule has 4 aliphatic rings. The molecule has 0 aromatic rings. The molecule has 226 valence electrons. The van der Waals surface area contributed by atoms with Crippen LogP contribution in [0.1, 0.15) is 103 Å². The minimum absolute atomic E-state index is 0.0320. The van der Waals surface area contributed by atoms with Crippen molar-refractivity contribution in [1.29, 1.82) is 0 Å². The average molecular weight is 627 g/mol. The second-order valence-corrected chi connectivity index (χ2v) is 17.1. The number of hydrogen-bond donors (Lipinski definition) is 2. The minimum atomic E-state index is -1.19. The van der Waals surface area contributed by atoms with E-state index < -0.39 is 27.2 Å². The molecule has 0 saturated heterocycles. The van der Waals surface area contributed by atoms with E-state index in [1.165, 1.54) is 0 Å². The third-order valence-electron chi connectivity index (χ3n) is 9.89. The predicted octanol–water partition coefficient (Wildman–Crippen LogP) is 6.85. The van der Waals surface area contributed by atoms with Crippen LogP contribution in [0.5, 0.6) is 0 Å². The van der Waals surface area contributed by atoms with Gasteiger partial charge >= 0.3 is 239 Å². The van der Waals surface area contributed by atoms with Crippen molar-refractivity contribution in [1.82, 2.24) is 0 Å². The summed E-state index contributed by atoms with van der Waals surface area (Å²) >= 11 is -2.31. The predicted molar refractivity (Wildman–Crippen MR) is 138 cm³/mol. The molecule has 0 aliphatic heterocycles. The third-order valence-corrected chi connectivity index (χ3v) is 15.0. The van der Waals surface area contributed by atoms with Crippen molar-refractivity contribution in [2.75, 3.05) is 19.8 Å². The van der Waals surface area contributed by atoms with Gasteiger partial charge in [-0.2, -0.15) is 0 Å². The van der Waals surface area contributed by atoms with Gasteiger partial charge in [0.2, 0.25) is 0 Å². The summed E-state index contributed by atoms with van der Waals surface area (Å²) in [7, 11) is 0. The van der Waals surface area contributed by atoms with Gasteiger partial charge in [0.05, 0.1) is 0 Å². The molecule has 0 amide bonds. The Kier molecular flexibility index (Phi) is 12.9. The first kappa shape index (κ1) is 30.9. The Morgan fingerprint density at radius 2 is 0.921 bits per heavy atom. The van der Waals surface area contributed by atoms with E-state index in [1.54, 1.807) is 0 Å². The fraction of sp³-hybridized carbons (Fsp3) is 0.967. The fourth-order valence-electron chi connectivity index (χ4n) is 7.00. The molecule has 0 spiro atoms. The molecule has 0 radical (unpaired) electrons. The van der Waals surface area contributed by atoms with Gasteiger partial charge in [-0.3, -0.25) is 0 Å². The Bertz CT molecular complexity index is 759. The summed E-state index contributed by atoms with van der Waals surface area (Å²) in [5, 5.41) is 20.3. The number of carbonyl (C=O) groups is 1. The molecule has 4 aliphatic carbocycles. The molecule has 0 bridgehead atoms. The number of ether oxygens (including phenoxy) is 1. The van der Waals surface area contributed by atoms with Crippen LogP contribution in [0, 0.1) is 35.5 Å². The number of rotatable bonds is 11. The van der Waals surface area contributed by atoms with Crippen molar-refractivity contribution in [3.8, 4) is 0 Å². The fourth-order valence-corrected chi connectivity index (χ4v) is 11.8. The average Bonchev–Trinajstić information content (AvgIpc) is 2.97. The Labute approximate surface area is 238 Å². The molecule has 4 rings (SSSR count). The molecule has 4 saturated carbocycles. The van der Waals surface area contributed by atoms with Crippen LogP contribution in [0.25, 0.3) is 0 Å². The molecule has 0 heterocycles. The zero-order valence-electron chi connectivity index (χ0n) is 23.2. The molecular formula is C30H52Co2O6. The van der Waals surface area contributed by atoms with E-state index in [4.69, 9.17) is 4.74 Å². The SMILES string of the molecule is O=C(OCC1CCC([CH2][Co](=[O])[CH]2CCC(CO)CC2)CC1)C1CC[CH]([Co](=[O])[CH2]C2CCC(CO)CC2)CC1. The molecule has 0 aromatic heterocycles. The third kappa shape index (κ3) is 9.26. The summed E-state index contributed by atoms with van der Waals surface area (Å²) in [5.41, 5.74) is 0. The van der Waals surface area contributed by atoms with Crippen LogP contribution in [0.2, 0.25) is 20.4 Å². The molecule has 0 atom stereocenters. The van der Waals surface area contributed by atoms with Gasteiger partial charge in [-0.05, 0) is 0 Å². The van der Waals surface area contributed by atoms with Gasteiger partial charge in [-0.25, -0.2) is 0 Å². The monoisotopic (exact) mass is 626 g/mol. The zero-order valence-corrected chi connectivity index (χ0v) is 25.2. The van der Waals surface area contributed by atoms with Gasteiger partial charge < -0.3 is 0 Å².